The van der Waals surface area contributed by atoms with Crippen LogP contribution in [0, 0.1) is 6.92 Å². The molecule has 164 valence electrons. The van der Waals surface area contributed by atoms with Crippen LogP contribution in [0.5, 0.6) is 17.2 Å². The number of methoxy groups -OCH3 is 3. The predicted molar refractivity (Wildman–Crippen MR) is 118 cm³/mol. The highest BCUT2D eigenvalue weighted by molar-refractivity contribution is 7.93. The van der Waals surface area contributed by atoms with E-state index in [9.17, 15) is 13.2 Å². The molecule has 1 heterocycles. The van der Waals surface area contributed by atoms with Gasteiger partial charge in [-0.2, -0.15) is 0 Å². The number of aryl methyl sites for hydroxylation is 1. The number of amides is 1. The van der Waals surface area contributed by atoms with Crippen LogP contribution in [0.15, 0.2) is 47.4 Å². The van der Waals surface area contributed by atoms with E-state index in [2.05, 4.69) is 15.0 Å². The molecule has 2 N–H and O–H groups in total. The Labute approximate surface area is 184 Å². The molecule has 0 aliphatic heterocycles. The van der Waals surface area contributed by atoms with Crippen LogP contribution >= 0.6 is 11.3 Å². The van der Waals surface area contributed by atoms with Crippen LogP contribution in [-0.2, 0) is 10.0 Å². The van der Waals surface area contributed by atoms with Gasteiger partial charge in [0.2, 0.25) is 0 Å². The molecule has 0 unspecified atom stereocenters. The molecule has 3 aromatic rings. The monoisotopic (exact) mass is 463 g/mol. The van der Waals surface area contributed by atoms with E-state index >= 15 is 0 Å². The summed E-state index contributed by atoms with van der Waals surface area (Å²) in [7, 11) is 0.649. The molecule has 9 nitrogen and oxygen atoms in total. The quantitative estimate of drug-likeness (QED) is 0.525. The van der Waals surface area contributed by atoms with Crippen molar-refractivity contribution in [3.8, 4) is 17.2 Å². The van der Waals surface area contributed by atoms with Gasteiger partial charge in [-0.15, -0.1) is 0 Å². The number of rotatable bonds is 8. The van der Waals surface area contributed by atoms with Crippen LogP contribution in [0.1, 0.15) is 15.4 Å². The fourth-order valence-electron chi connectivity index (χ4n) is 2.68. The Morgan fingerprint density at radius 3 is 2.26 bits per heavy atom. The molecule has 31 heavy (non-hydrogen) atoms. The summed E-state index contributed by atoms with van der Waals surface area (Å²) in [5, 5.41) is 2.84. The average molecular weight is 464 g/mol. The summed E-state index contributed by atoms with van der Waals surface area (Å²) in [6.07, 6.45) is 0. The lowest BCUT2D eigenvalue weighted by Gasteiger charge is -2.10. The summed E-state index contributed by atoms with van der Waals surface area (Å²) in [6.45, 7) is 1.63. The lowest BCUT2D eigenvalue weighted by Crippen LogP contribution is -2.12. The highest BCUT2D eigenvalue weighted by Gasteiger charge is 2.21. The summed E-state index contributed by atoms with van der Waals surface area (Å²) in [5.41, 5.74) is 0.895. The summed E-state index contributed by atoms with van der Waals surface area (Å²) >= 11 is 0.940. The minimum Gasteiger partial charge on any atom is -0.497 e. The number of sulfonamides is 1. The van der Waals surface area contributed by atoms with Gasteiger partial charge >= 0.3 is 0 Å². The van der Waals surface area contributed by atoms with Gasteiger partial charge in [-0.25, -0.2) is 13.4 Å². The first kappa shape index (κ1) is 22.4. The standard InChI is InChI=1S/C20H21N3O6S2/c1-12-18(19(24)22-13-5-10-16(28-3)17(11-13)29-4)30-20(21-12)23-31(25,26)15-8-6-14(27-2)7-9-15/h5-11H,1-4H3,(H,21,23)(H,22,24). The number of hydrogen-bond donors (Lipinski definition) is 2. The van der Waals surface area contributed by atoms with Crippen molar-refractivity contribution in [2.24, 2.45) is 0 Å². The molecule has 11 heteroatoms. The second-order valence-electron chi connectivity index (χ2n) is 6.24. The Balaban J connectivity index is 1.77. The van der Waals surface area contributed by atoms with E-state index in [0.717, 1.165) is 11.3 Å². The number of benzene rings is 2. The molecule has 0 saturated heterocycles. The van der Waals surface area contributed by atoms with E-state index in [1.165, 1.54) is 33.5 Å². The number of carbonyl (C=O) groups excluding carboxylic acids is 1. The molecule has 0 aliphatic carbocycles. The Bertz CT molecular complexity index is 1190. The van der Waals surface area contributed by atoms with Crippen molar-refractivity contribution >= 4 is 38.1 Å². The molecule has 0 fully saturated rings. The zero-order valence-electron chi connectivity index (χ0n) is 17.3. The number of anilines is 2. The molecule has 0 saturated carbocycles. The zero-order chi connectivity index (χ0) is 22.6. The van der Waals surface area contributed by atoms with Crippen molar-refractivity contribution < 1.29 is 27.4 Å². The fraction of sp³-hybridized carbons (Fsp3) is 0.200. The van der Waals surface area contributed by atoms with E-state index in [4.69, 9.17) is 14.2 Å². The number of thiazole rings is 1. The van der Waals surface area contributed by atoms with E-state index in [1.54, 1.807) is 37.3 Å². The predicted octanol–water partition coefficient (Wildman–Crippen LogP) is 3.53. The molecule has 1 amide bonds. The maximum Gasteiger partial charge on any atom is 0.267 e. The van der Waals surface area contributed by atoms with E-state index < -0.39 is 15.9 Å². The summed E-state index contributed by atoms with van der Waals surface area (Å²) in [4.78, 5) is 17.2. The van der Waals surface area contributed by atoms with Gasteiger partial charge in [-0.1, -0.05) is 11.3 Å². The number of hydrogen-bond acceptors (Lipinski definition) is 8. The van der Waals surface area contributed by atoms with Gasteiger partial charge < -0.3 is 19.5 Å². The lowest BCUT2D eigenvalue weighted by molar-refractivity contribution is 0.102. The second-order valence-corrected chi connectivity index (χ2v) is 8.92. The highest BCUT2D eigenvalue weighted by atomic mass is 32.2. The average Bonchev–Trinajstić information content (AvgIpc) is 3.12. The number of ether oxygens (including phenoxy) is 3. The van der Waals surface area contributed by atoms with Gasteiger partial charge in [-0.3, -0.25) is 9.52 Å². The maximum atomic E-state index is 12.7. The first-order chi connectivity index (χ1) is 14.8. The maximum absolute atomic E-state index is 12.7. The van der Waals surface area contributed by atoms with Crippen molar-refractivity contribution in [2.45, 2.75) is 11.8 Å². The lowest BCUT2D eigenvalue weighted by atomic mass is 10.2. The minimum absolute atomic E-state index is 0.0532. The summed E-state index contributed by atoms with van der Waals surface area (Å²) in [6, 6.07) is 10.9. The van der Waals surface area contributed by atoms with E-state index in [-0.39, 0.29) is 14.9 Å². The molecule has 0 spiro atoms. The Morgan fingerprint density at radius 1 is 0.968 bits per heavy atom. The van der Waals surface area contributed by atoms with Crippen molar-refractivity contribution in [3.05, 3.63) is 53.0 Å². The Morgan fingerprint density at radius 2 is 1.65 bits per heavy atom. The summed E-state index contributed by atoms with van der Waals surface area (Å²) in [5.74, 6) is 1.12. The van der Waals surface area contributed by atoms with Gasteiger partial charge in [0, 0.05) is 11.8 Å². The first-order valence-electron chi connectivity index (χ1n) is 8.95. The van der Waals surface area contributed by atoms with Gasteiger partial charge in [0.25, 0.3) is 15.9 Å². The van der Waals surface area contributed by atoms with E-state index in [1.807, 2.05) is 0 Å². The number of carbonyl (C=O) groups is 1. The van der Waals surface area contributed by atoms with Gasteiger partial charge in [0.15, 0.2) is 16.6 Å². The largest absolute Gasteiger partial charge is 0.497 e. The van der Waals surface area contributed by atoms with Crippen molar-refractivity contribution in [3.63, 3.8) is 0 Å². The van der Waals surface area contributed by atoms with Crippen LogP contribution in [0.3, 0.4) is 0 Å². The van der Waals surface area contributed by atoms with Gasteiger partial charge in [0.05, 0.1) is 31.9 Å². The highest BCUT2D eigenvalue weighted by Crippen LogP contribution is 2.31. The summed E-state index contributed by atoms with van der Waals surface area (Å²) < 4.78 is 43.1. The molecule has 0 bridgehead atoms. The van der Waals surface area contributed by atoms with Crippen LogP contribution in [0.2, 0.25) is 0 Å². The Kier molecular flexibility index (Phi) is 6.66. The number of aromatic nitrogens is 1. The molecule has 1 aromatic heterocycles. The number of nitrogens with zero attached hydrogens (tertiary/aromatic N) is 1. The van der Waals surface area contributed by atoms with Gasteiger partial charge in [0.1, 0.15) is 10.6 Å². The second kappa shape index (κ2) is 9.23. The SMILES string of the molecule is COc1ccc(S(=O)(=O)Nc2nc(C)c(C(=O)Nc3ccc(OC)c(OC)c3)s2)cc1. The van der Waals surface area contributed by atoms with Crippen molar-refractivity contribution in [1.82, 2.24) is 4.98 Å². The molecule has 3 rings (SSSR count). The molecular formula is C20H21N3O6S2. The van der Waals surface area contributed by atoms with Gasteiger partial charge in [-0.05, 0) is 43.3 Å². The molecule has 0 aliphatic rings. The first-order valence-corrected chi connectivity index (χ1v) is 11.2. The molecular weight excluding hydrogens is 442 g/mol. The fourth-order valence-corrected chi connectivity index (χ4v) is 4.78. The molecule has 2 aromatic carbocycles. The van der Waals surface area contributed by atoms with Crippen molar-refractivity contribution in [2.75, 3.05) is 31.4 Å². The minimum atomic E-state index is -3.86. The molecule has 0 radical (unpaired) electrons. The number of nitrogens with one attached hydrogen (secondary N) is 2. The topological polar surface area (TPSA) is 116 Å². The normalized spacial score (nSPS) is 11.0. The van der Waals surface area contributed by atoms with Crippen LogP contribution in [0.4, 0.5) is 10.8 Å². The third kappa shape index (κ3) is 5.06. The Hall–Kier alpha value is -3.31. The van der Waals surface area contributed by atoms with Crippen LogP contribution < -0.4 is 24.2 Å². The van der Waals surface area contributed by atoms with Crippen LogP contribution in [0.25, 0.3) is 0 Å². The zero-order valence-corrected chi connectivity index (χ0v) is 18.9. The molecule has 0 atom stereocenters. The third-order valence-electron chi connectivity index (χ3n) is 4.24. The van der Waals surface area contributed by atoms with E-state index in [0.29, 0.717) is 28.6 Å². The van der Waals surface area contributed by atoms with Crippen molar-refractivity contribution in [1.29, 1.82) is 0 Å². The third-order valence-corrected chi connectivity index (χ3v) is 6.79. The van der Waals surface area contributed by atoms with Crippen LogP contribution in [-0.4, -0.2) is 40.6 Å². The smallest absolute Gasteiger partial charge is 0.267 e.